The molecule has 1 amide bonds. The van der Waals surface area contributed by atoms with Crippen molar-refractivity contribution in [2.75, 3.05) is 45.9 Å². The van der Waals surface area contributed by atoms with Crippen molar-refractivity contribution in [2.24, 2.45) is 5.92 Å². The molecule has 0 bridgehead atoms. The average Bonchev–Trinajstić information content (AvgIpc) is 3.32. The van der Waals surface area contributed by atoms with Crippen molar-refractivity contribution < 1.29 is 9.53 Å². The molecule has 2 aliphatic heterocycles. The van der Waals surface area contributed by atoms with Crippen LogP contribution in [0.25, 0.3) is 0 Å². The van der Waals surface area contributed by atoms with Crippen LogP contribution in [-0.4, -0.2) is 73.7 Å². The first kappa shape index (κ1) is 15.3. The standard InChI is InChI=1S/C16H29N3O2/c1-13-10-18(7-8-21-13)16(20)12-19(15-4-5-15)11-14-3-2-6-17-9-14/h13-15,17H,2-12H2,1H3. The molecular formula is C16H29N3O2. The number of carbonyl (C=O) groups excluding carboxylic acids is 1. The van der Waals surface area contributed by atoms with E-state index < -0.39 is 0 Å². The van der Waals surface area contributed by atoms with E-state index in [0.717, 1.165) is 38.6 Å². The number of amides is 1. The molecule has 1 aliphatic carbocycles. The SMILES string of the molecule is CC1CN(C(=O)CN(CC2CCCNC2)C2CC2)CCO1. The summed E-state index contributed by atoms with van der Waals surface area (Å²) in [7, 11) is 0. The third kappa shape index (κ3) is 4.41. The minimum atomic E-state index is 0.180. The van der Waals surface area contributed by atoms with Crippen LogP contribution in [0, 0.1) is 5.92 Å². The van der Waals surface area contributed by atoms with E-state index in [-0.39, 0.29) is 6.10 Å². The van der Waals surface area contributed by atoms with Gasteiger partial charge in [-0.2, -0.15) is 0 Å². The minimum absolute atomic E-state index is 0.180. The van der Waals surface area contributed by atoms with Gasteiger partial charge >= 0.3 is 0 Å². The van der Waals surface area contributed by atoms with Crippen LogP contribution in [0.5, 0.6) is 0 Å². The quantitative estimate of drug-likeness (QED) is 0.811. The highest BCUT2D eigenvalue weighted by Crippen LogP contribution is 2.28. The Labute approximate surface area is 128 Å². The molecule has 3 aliphatic rings. The van der Waals surface area contributed by atoms with Gasteiger partial charge in [0.2, 0.25) is 5.91 Å². The maximum atomic E-state index is 12.5. The highest BCUT2D eigenvalue weighted by molar-refractivity contribution is 5.78. The average molecular weight is 295 g/mol. The number of ether oxygens (including phenoxy) is 1. The van der Waals surface area contributed by atoms with Crippen LogP contribution in [0.15, 0.2) is 0 Å². The zero-order valence-electron chi connectivity index (χ0n) is 13.2. The molecule has 1 N–H and O–H groups in total. The fraction of sp³-hybridized carbons (Fsp3) is 0.938. The molecule has 1 saturated carbocycles. The number of morpholine rings is 1. The molecule has 3 fully saturated rings. The molecule has 120 valence electrons. The predicted molar refractivity (Wildman–Crippen MR) is 82.2 cm³/mol. The summed E-state index contributed by atoms with van der Waals surface area (Å²) in [6.07, 6.45) is 5.30. The van der Waals surface area contributed by atoms with E-state index in [1.165, 1.54) is 25.7 Å². The molecule has 3 rings (SSSR count). The van der Waals surface area contributed by atoms with Crippen LogP contribution in [-0.2, 0) is 9.53 Å². The first-order valence-electron chi connectivity index (χ1n) is 8.56. The lowest BCUT2D eigenvalue weighted by atomic mass is 9.99. The Kier molecular flexibility index (Phi) is 5.14. The van der Waals surface area contributed by atoms with Gasteiger partial charge in [-0.25, -0.2) is 0 Å². The number of nitrogens with one attached hydrogen (secondary N) is 1. The predicted octanol–water partition coefficient (Wildman–Crippen LogP) is 0.698. The van der Waals surface area contributed by atoms with E-state index >= 15 is 0 Å². The smallest absolute Gasteiger partial charge is 0.236 e. The highest BCUT2D eigenvalue weighted by atomic mass is 16.5. The number of rotatable bonds is 5. The van der Waals surface area contributed by atoms with E-state index in [2.05, 4.69) is 10.2 Å². The van der Waals surface area contributed by atoms with Gasteiger partial charge in [-0.3, -0.25) is 9.69 Å². The number of carbonyl (C=O) groups is 1. The summed E-state index contributed by atoms with van der Waals surface area (Å²) in [5.74, 6) is 1.01. The van der Waals surface area contributed by atoms with Gasteiger partial charge in [0.1, 0.15) is 0 Å². The van der Waals surface area contributed by atoms with E-state index in [1.807, 2.05) is 11.8 Å². The first-order valence-corrected chi connectivity index (χ1v) is 8.56. The van der Waals surface area contributed by atoms with Gasteiger partial charge in [0, 0.05) is 25.7 Å². The lowest BCUT2D eigenvalue weighted by Crippen LogP contribution is -2.49. The Hall–Kier alpha value is -0.650. The Balaban J connectivity index is 1.50. The summed E-state index contributed by atoms with van der Waals surface area (Å²) in [6, 6.07) is 0.661. The fourth-order valence-corrected chi connectivity index (χ4v) is 3.51. The molecule has 5 heteroatoms. The normalized spacial score (nSPS) is 30.7. The van der Waals surface area contributed by atoms with Gasteiger partial charge in [-0.1, -0.05) is 0 Å². The topological polar surface area (TPSA) is 44.8 Å². The van der Waals surface area contributed by atoms with E-state index in [1.54, 1.807) is 0 Å². The van der Waals surface area contributed by atoms with Gasteiger partial charge in [0.05, 0.1) is 19.3 Å². The lowest BCUT2D eigenvalue weighted by Gasteiger charge is -2.34. The van der Waals surface area contributed by atoms with Crippen molar-refractivity contribution in [2.45, 2.75) is 44.8 Å². The summed E-state index contributed by atoms with van der Waals surface area (Å²) in [4.78, 5) is 17.0. The molecule has 2 unspecified atom stereocenters. The van der Waals surface area contributed by atoms with Crippen molar-refractivity contribution in [1.82, 2.24) is 15.1 Å². The molecule has 2 saturated heterocycles. The second-order valence-electron chi connectivity index (χ2n) is 6.89. The third-order valence-electron chi connectivity index (χ3n) is 4.89. The Morgan fingerprint density at radius 2 is 2.24 bits per heavy atom. The van der Waals surface area contributed by atoms with Crippen LogP contribution in [0.2, 0.25) is 0 Å². The van der Waals surface area contributed by atoms with Crippen molar-refractivity contribution >= 4 is 5.91 Å². The summed E-state index contributed by atoms with van der Waals surface area (Å²) in [5, 5.41) is 3.48. The zero-order valence-corrected chi connectivity index (χ0v) is 13.2. The molecule has 0 spiro atoms. The van der Waals surface area contributed by atoms with Crippen LogP contribution >= 0.6 is 0 Å². The largest absolute Gasteiger partial charge is 0.375 e. The summed E-state index contributed by atoms with van der Waals surface area (Å²) in [6.45, 7) is 8.21. The first-order chi connectivity index (χ1) is 10.2. The van der Waals surface area contributed by atoms with Crippen LogP contribution in [0.1, 0.15) is 32.6 Å². The monoisotopic (exact) mass is 295 g/mol. The molecular weight excluding hydrogens is 266 g/mol. The van der Waals surface area contributed by atoms with Crippen LogP contribution < -0.4 is 5.32 Å². The van der Waals surface area contributed by atoms with Crippen molar-refractivity contribution in [1.29, 1.82) is 0 Å². The van der Waals surface area contributed by atoms with Gasteiger partial charge in [0.15, 0.2) is 0 Å². The lowest BCUT2D eigenvalue weighted by molar-refractivity contribution is -0.139. The minimum Gasteiger partial charge on any atom is -0.375 e. The fourth-order valence-electron chi connectivity index (χ4n) is 3.51. The van der Waals surface area contributed by atoms with E-state index in [4.69, 9.17) is 4.74 Å². The summed E-state index contributed by atoms with van der Waals surface area (Å²) >= 11 is 0. The Morgan fingerprint density at radius 1 is 1.38 bits per heavy atom. The maximum Gasteiger partial charge on any atom is 0.236 e. The molecule has 5 nitrogen and oxygen atoms in total. The molecule has 0 radical (unpaired) electrons. The zero-order chi connectivity index (χ0) is 14.7. The van der Waals surface area contributed by atoms with Gasteiger partial charge < -0.3 is 15.0 Å². The maximum absolute atomic E-state index is 12.5. The summed E-state index contributed by atoms with van der Waals surface area (Å²) < 4.78 is 5.53. The van der Waals surface area contributed by atoms with Gasteiger partial charge in [-0.05, 0) is 51.6 Å². The van der Waals surface area contributed by atoms with Gasteiger partial charge in [-0.15, -0.1) is 0 Å². The molecule has 0 aromatic carbocycles. The number of hydrogen-bond acceptors (Lipinski definition) is 4. The van der Waals surface area contributed by atoms with Crippen LogP contribution in [0.4, 0.5) is 0 Å². The number of hydrogen-bond donors (Lipinski definition) is 1. The van der Waals surface area contributed by atoms with Crippen molar-refractivity contribution in [3.63, 3.8) is 0 Å². The molecule has 0 aromatic heterocycles. The second-order valence-corrected chi connectivity index (χ2v) is 6.89. The van der Waals surface area contributed by atoms with E-state index in [9.17, 15) is 4.79 Å². The van der Waals surface area contributed by atoms with E-state index in [0.29, 0.717) is 25.1 Å². The highest BCUT2D eigenvalue weighted by Gasteiger charge is 2.33. The Bertz CT molecular complexity index is 353. The Morgan fingerprint density at radius 3 is 2.90 bits per heavy atom. The van der Waals surface area contributed by atoms with Crippen molar-refractivity contribution in [3.8, 4) is 0 Å². The number of piperidine rings is 1. The molecule has 21 heavy (non-hydrogen) atoms. The third-order valence-corrected chi connectivity index (χ3v) is 4.89. The van der Waals surface area contributed by atoms with Crippen LogP contribution in [0.3, 0.4) is 0 Å². The van der Waals surface area contributed by atoms with Gasteiger partial charge in [0.25, 0.3) is 0 Å². The molecule has 2 heterocycles. The second kappa shape index (κ2) is 7.07. The molecule has 2 atom stereocenters. The summed E-state index contributed by atoms with van der Waals surface area (Å²) in [5.41, 5.74) is 0. The van der Waals surface area contributed by atoms with Crippen molar-refractivity contribution in [3.05, 3.63) is 0 Å². The number of nitrogens with zero attached hydrogens (tertiary/aromatic N) is 2. The molecule has 0 aromatic rings.